The molecule has 168 valence electrons. The lowest BCUT2D eigenvalue weighted by Crippen LogP contribution is -2.38. The summed E-state index contributed by atoms with van der Waals surface area (Å²) in [6.07, 6.45) is -2.46. The van der Waals surface area contributed by atoms with Crippen molar-refractivity contribution in [2.24, 2.45) is 0 Å². The lowest BCUT2D eigenvalue weighted by Gasteiger charge is -2.26. The third-order valence-corrected chi connectivity index (χ3v) is 5.82. The Morgan fingerprint density at radius 1 is 1.00 bits per heavy atom. The molecule has 0 heterocycles. The molecule has 0 amide bonds. The van der Waals surface area contributed by atoms with Crippen LogP contribution in [0, 0.1) is 0 Å². The fourth-order valence-electron chi connectivity index (χ4n) is 2.42. The summed E-state index contributed by atoms with van der Waals surface area (Å²) in [6.45, 7) is 6.20. The van der Waals surface area contributed by atoms with Gasteiger partial charge in [-0.1, -0.05) is 30.3 Å². The van der Waals surface area contributed by atoms with Crippen LogP contribution in [-0.4, -0.2) is 57.2 Å². The SMILES string of the molecule is CC(C)OP(=O)(COOC(CO)C(Cc1ccccc1)OS(C)(=O)=O)OC(C)C. The van der Waals surface area contributed by atoms with Crippen molar-refractivity contribution < 1.29 is 41.1 Å². The van der Waals surface area contributed by atoms with Gasteiger partial charge in [0.15, 0.2) is 6.35 Å². The first-order valence-electron chi connectivity index (χ1n) is 9.21. The third kappa shape index (κ3) is 11.2. The van der Waals surface area contributed by atoms with Crippen LogP contribution in [0.25, 0.3) is 0 Å². The smallest absolute Gasteiger partial charge is 0.359 e. The lowest BCUT2D eigenvalue weighted by atomic mass is 10.0. The van der Waals surface area contributed by atoms with Crippen LogP contribution in [0.2, 0.25) is 0 Å². The van der Waals surface area contributed by atoms with Crippen LogP contribution in [0.1, 0.15) is 33.3 Å². The Hall–Kier alpha value is -0.840. The largest absolute Gasteiger partial charge is 0.393 e. The minimum atomic E-state index is -3.83. The van der Waals surface area contributed by atoms with E-state index in [-0.39, 0.29) is 18.6 Å². The third-order valence-electron chi connectivity index (χ3n) is 3.32. The summed E-state index contributed by atoms with van der Waals surface area (Å²) < 4.78 is 51.8. The van der Waals surface area contributed by atoms with E-state index < -0.39 is 42.9 Å². The van der Waals surface area contributed by atoms with Crippen molar-refractivity contribution in [3.63, 3.8) is 0 Å². The molecule has 1 aromatic carbocycles. The maximum Gasteiger partial charge on any atom is 0.359 e. The first-order valence-corrected chi connectivity index (χ1v) is 12.8. The van der Waals surface area contributed by atoms with Crippen molar-refractivity contribution in [2.75, 3.05) is 19.2 Å². The Labute approximate surface area is 172 Å². The number of benzene rings is 1. The molecule has 1 aromatic rings. The second-order valence-corrected chi connectivity index (χ2v) is 10.5. The van der Waals surface area contributed by atoms with E-state index in [9.17, 15) is 18.1 Å². The van der Waals surface area contributed by atoms with Crippen molar-refractivity contribution in [3.8, 4) is 0 Å². The molecule has 0 saturated heterocycles. The predicted molar refractivity (Wildman–Crippen MR) is 108 cm³/mol. The van der Waals surface area contributed by atoms with Crippen molar-refractivity contribution in [1.82, 2.24) is 0 Å². The molecule has 0 aliphatic carbocycles. The molecule has 0 bridgehead atoms. The number of hydrogen-bond acceptors (Lipinski definition) is 9. The predicted octanol–water partition coefficient (Wildman–Crippen LogP) is 2.88. The van der Waals surface area contributed by atoms with Crippen molar-refractivity contribution in [3.05, 3.63) is 35.9 Å². The summed E-state index contributed by atoms with van der Waals surface area (Å²) in [7, 11) is -7.46. The number of aliphatic hydroxyl groups excluding tert-OH is 1. The monoisotopic (exact) mass is 454 g/mol. The molecular formula is C18H31O9PS. The van der Waals surface area contributed by atoms with Gasteiger partial charge in [-0.3, -0.25) is 8.75 Å². The Morgan fingerprint density at radius 2 is 1.55 bits per heavy atom. The van der Waals surface area contributed by atoms with Gasteiger partial charge in [0.25, 0.3) is 10.1 Å². The second kappa shape index (κ2) is 12.1. The quantitative estimate of drug-likeness (QED) is 0.196. The van der Waals surface area contributed by atoms with Crippen LogP contribution in [0.3, 0.4) is 0 Å². The molecule has 9 nitrogen and oxygen atoms in total. The van der Waals surface area contributed by atoms with Crippen LogP contribution in [0.4, 0.5) is 0 Å². The molecule has 0 spiro atoms. The van der Waals surface area contributed by atoms with E-state index in [0.29, 0.717) is 0 Å². The Kier molecular flexibility index (Phi) is 10.9. The van der Waals surface area contributed by atoms with Gasteiger partial charge in [0, 0.05) is 6.42 Å². The highest BCUT2D eigenvalue weighted by atomic mass is 32.2. The topological polar surface area (TPSA) is 118 Å². The van der Waals surface area contributed by atoms with Crippen LogP contribution in [-0.2, 0) is 44.1 Å². The van der Waals surface area contributed by atoms with E-state index >= 15 is 0 Å². The first kappa shape index (κ1) is 26.2. The summed E-state index contributed by atoms with van der Waals surface area (Å²) in [5.41, 5.74) is 0.778. The minimum absolute atomic E-state index is 0.144. The van der Waals surface area contributed by atoms with E-state index in [0.717, 1.165) is 11.8 Å². The maximum atomic E-state index is 12.8. The molecule has 1 rings (SSSR count). The fourth-order valence-corrected chi connectivity index (χ4v) is 4.71. The molecule has 0 fully saturated rings. The van der Waals surface area contributed by atoms with Crippen LogP contribution < -0.4 is 0 Å². The molecule has 29 heavy (non-hydrogen) atoms. The van der Waals surface area contributed by atoms with E-state index in [2.05, 4.69) is 0 Å². The molecule has 0 aromatic heterocycles. The zero-order valence-corrected chi connectivity index (χ0v) is 19.1. The zero-order valence-electron chi connectivity index (χ0n) is 17.4. The van der Waals surface area contributed by atoms with E-state index in [1.54, 1.807) is 52.0 Å². The molecule has 0 radical (unpaired) electrons. The Bertz CT molecular complexity index is 723. The van der Waals surface area contributed by atoms with Gasteiger partial charge in [0.1, 0.15) is 12.2 Å². The van der Waals surface area contributed by atoms with Gasteiger partial charge in [0.05, 0.1) is 25.1 Å². The van der Waals surface area contributed by atoms with E-state index in [1.165, 1.54) is 0 Å². The number of rotatable bonds is 14. The first-order chi connectivity index (χ1) is 13.4. The summed E-state index contributed by atoms with van der Waals surface area (Å²) >= 11 is 0. The van der Waals surface area contributed by atoms with Crippen molar-refractivity contribution >= 4 is 17.7 Å². The molecular weight excluding hydrogens is 423 g/mol. The highest BCUT2D eigenvalue weighted by molar-refractivity contribution is 7.86. The standard InChI is InChI=1S/C18H31O9PS/c1-14(2)25-28(20,26-15(3)4)13-23-24-18(12-19)17(27-29(5,21)22)11-16-9-7-6-8-10-16/h6-10,14-15,17-19H,11-13H2,1-5H3. The highest BCUT2D eigenvalue weighted by Crippen LogP contribution is 2.50. The van der Waals surface area contributed by atoms with Gasteiger partial charge in [-0.05, 0) is 33.3 Å². The van der Waals surface area contributed by atoms with E-state index in [1.807, 2.05) is 6.07 Å². The minimum Gasteiger partial charge on any atom is -0.393 e. The average Bonchev–Trinajstić information content (AvgIpc) is 2.56. The van der Waals surface area contributed by atoms with Crippen LogP contribution in [0.15, 0.2) is 30.3 Å². The van der Waals surface area contributed by atoms with Gasteiger partial charge in [-0.15, -0.1) is 0 Å². The molecule has 0 saturated carbocycles. The summed E-state index contributed by atoms with van der Waals surface area (Å²) in [5.74, 6) is 0. The highest BCUT2D eigenvalue weighted by Gasteiger charge is 2.32. The van der Waals surface area contributed by atoms with Gasteiger partial charge in [0.2, 0.25) is 0 Å². The van der Waals surface area contributed by atoms with Gasteiger partial charge < -0.3 is 14.2 Å². The van der Waals surface area contributed by atoms with Crippen molar-refractivity contribution in [1.29, 1.82) is 0 Å². The lowest BCUT2D eigenvalue weighted by molar-refractivity contribution is -0.331. The molecule has 2 unspecified atom stereocenters. The second-order valence-electron chi connectivity index (χ2n) is 7.01. The van der Waals surface area contributed by atoms with Gasteiger partial charge in [-0.2, -0.15) is 8.42 Å². The maximum absolute atomic E-state index is 12.8. The zero-order chi connectivity index (χ0) is 22.1. The van der Waals surface area contributed by atoms with Crippen LogP contribution in [0.5, 0.6) is 0 Å². The fraction of sp³-hybridized carbons (Fsp3) is 0.667. The number of aliphatic hydroxyl groups is 1. The summed E-state index contributed by atoms with van der Waals surface area (Å²) in [6, 6.07) is 8.98. The normalized spacial score (nSPS) is 15.0. The summed E-state index contributed by atoms with van der Waals surface area (Å²) in [4.78, 5) is 10.2. The molecule has 2 atom stereocenters. The van der Waals surface area contributed by atoms with Crippen LogP contribution >= 0.6 is 7.60 Å². The molecule has 0 aliphatic rings. The van der Waals surface area contributed by atoms with Gasteiger partial charge >= 0.3 is 7.60 Å². The van der Waals surface area contributed by atoms with Gasteiger partial charge in [-0.25, -0.2) is 9.78 Å². The molecule has 11 heteroatoms. The van der Waals surface area contributed by atoms with E-state index in [4.69, 9.17) is 23.0 Å². The number of hydrogen-bond donors (Lipinski definition) is 1. The molecule has 0 aliphatic heterocycles. The Morgan fingerprint density at radius 3 is 2.00 bits per heavy atom. The Balaban J connectivity index is 2.84. The average molecular weight is 454 g/mol. The summed E-state index contributed by atoms with van der Waals surface area (Å²) in [5, 5.41) is 9.68. The van der Waals surface area contributed by atoms with Crippen molar-refractivity contribution in [2.45, 2.75) is 58.5 Å². The molecule has 1 N–H and O–H groups in total.